The number of amides is 1. The maximum Gasteiger partial charge on any atom is 0.272 e. The fourth-order valence-corrected chi connectivity index (χ4v) is 2.83. The molecule has 128 valence electrons. The molecule has 2 aromatic rings. The molecule has 0 aliphatic carbocycles. The van der Waals surface area contributed by atoms with Crippen molar-refractivity contribution in [3.05, 3.63) is 41.2 Å². The van der Waals surface area contributed by atoms with Crippen LogP contribution in [0.5, 0.6) is 11.5 Å². The number of ether oxygens (including phenoxy) is 2. The Labute approximate surface area is 142 Å². The maximum absolute atomic E-state index is 13.0. The molecule has 0 unspecified atom stereocenters. The van der Waals surface area contributed by atoms with Crippen molar-refractivity contribution in [2.45, 2.75) is 46.8 Å². The van der Waals surface area contributed by atoms with Crippen LogP contribution >= 0.6 is 0 Å². The molecule has 24 heavy (non-hydrogen) atoms. The molecule has 1 aromatic carbocycles. The quantitative estimate of drug-likeness (QED) is 0.846. The minimum absolute atomic E-state index is 0.00915. The molecule has 1 aliphatic heterocycles. The van der Waals surface area contributed by atoms with Crippen molar-refractivity contribution in [1.82, 2.24) is 14.7 Å². The fraction of sp³-hybridized carbons (Fsp3) is 0.444. The first-order valence-electron chi connectivity index (χ1n) is 8.23. The van der Waals surface area contributed by atoms with Crippen molar-refractivity contribution >= 4 is 5.91 Å². The molecule has 0 radical (unpaired) electrons. The highest BCUT2D eigenvalue weighted by molar-refractivity contribution is 5.93. The summed E-state index contributed by atoms with van der Waals surface area (Å²) in [6, 6.07) is 7.72. The summed E-state index contributed by atoms with van der Waals surface area (Å²) < 4.78 is 12.5. The Morgan fingerprint density at radius 2 is 2.04 bits per heavy atom. The lowest BCUT2D eigenvalue weighted by Gasteiger charge is -2.27. The molecule has 6 nitrogen and oxygen atoms in total. The van der Waals surface area contributed by atoms with E-state index in [0.717, 1.165) is 22.8 Å². The molecule has 6 heteroatoms. The lowest BCUT2D eigenvalue weighted by Crippen LogP contribution is -2.37. The topological polar surface area (TPSA) is 56.6 Å². The summed E-state index contributed by atoms with van der Waals surface area (Å²) in [5.74, 6) is 1.48. The van der Waals surface area contributed by atoms with Gasteiger partial charge >= 0.3 is 0 Å². The molecule has 0 saturated carbocycles. The van der Waals surface area contributed by atoms with Crippen LogP contribution in [-0.4, -0.2) is 33.4 Å². The summed E-state index contributed by atoms with van der Waals surface area (Å²) in [7, 11) is 0. The van der Waals surface area contributed by atoms with Crippen molar-refractivity contribution in [3.8, 4) is 11.5 Å². The Morgan fingerprint density at radius 1 is 1.29 bits per heavy atom. The number of rotatable bonds is 5. The average Bonchev–Trinajstić information content (AvgIpc) is 3.16. The third kappa shape index (κ3) is 3.09. The summed E-state index contributed by atoms with van der Waals surface area (Å²) in [6.07, 6.45) is 0. The zero-order valence-corrected chi connectivity index (χ0v) is 14.6. The minimum Gasteiger partial charge on any atom is -0.454 e. The summed E-state index contributed by atoms with van der Waals surface area (Å²) in [4.78, 5) is 14.9. The second-order valence-corrected chi connectivity index (χ2v) is 6.20. The van der Waals surface area contributed by atoms with Crippen molar-refractivity contribution < 1.29 is 14.3 Å². The van der Waals surface area contributed by atoms with Crippen LogP contribution < -0.4 is 9.47 Å². The molecule has 3 rings (SSSR count). The van der Waals surface area contributed by atoms with Crippen molar-refractivity contribution in [3.63, 3.8) is 0 Å². The summed E-state index contributed by atoms with van der Waals surface area (Å²) in [5.41, 5.74) is 2.50. The van der Waals surface area contributed by atoms with Gasteiger partial charge in [-0.25, -0.2) is 0 Å². The van der Waals surface area contributed by atoms with Crippen molar-refractivity contribution in [2.24, 2.45) is 0 Å². The van der Waals surface area contributed by atoms with E-state index in [1.165, 1.54) is 0 Å². The van der Waals surface area contributed by atoms with Gasteiger partial charge in [0.15, 0.2) is 11.5 Å². The van der Waals surface area contributed by atoms with Crippen LogP contribution in [0.1, 0.15) is 42.5 Å². The zero-order chi connectivity index (χ0) is 17.3. The van der Waals surface area contributed by atoms with Gasteiger partial charge in [0.1, 0.15) is 5.69 Å². The molecule has 0 saturated heterocycles. The molecule has 1 aliphatic rings. The van der Waals surface area contributed by atoms with Gasteiger partial charge < -0.3 is 14.4 Å². The maximum atomic E-state index is 13.0. The molecule has 0 atom stereocenters. The lowest BCUT2D eigenvalue weighted by atomic mass is 10.1. The second kappa shape index (κ2) is 6.55. The fourth-order valence-electron chi connectivity index (χ4n) is 2.83. The second-order valence-electron chi connectivity index (χ2n) is 6.20. The Balaban J connectivity index is 1.85. The number of carbonyl (C=O) groups is 1. The highest BCUT2D eigenvalue weighted by Gasteiger charge is 2.24. The molecule has 0 N–H and O–H groups in total. The first-order valence-corrected chi connectivity index (χ1v) is 8.23. The van der Waals surface area contributed by atoms with Gasteiger partial charge in [-0.3, -0.25) is 9.48 Å². The molecule has 1 amide bonds. The van der Waals surface area contributed by atoms with Crippen LogP contribution in [0.4, 0.5) is 0 Å². The van der Waals surface area contributed by atoms with Gasteiger partial charge in [-0.05, 0) is 51.5 Å². The lowest BCUT2D eigenvalue weighted by molar-refractivity contribution is 0.0677. The molecular formula is C18H23N3O3. The SMILES string of the molecule is CCn1nc(C)cc1C(=O)N(Cc1ccc2c(c1)OCO2)C(C)C. The van der Waals surface area contributed by atoms with Crippen LogP contribution in [0, 0.1) is 6.92 Å². The highest BCUT2D eigenvalue weighted by atomic mass is 16.7. The van der Waals surface area contributed by atoms with E-state index in [1.54, 1.807) is 4.68 Å². The monoisotopic (exact) mass is 329 g/mol. The smallest absolute Gasteiger partial charge is 0.272 e. The zero-order valence-electron chi connectivity index (χ0n) is 14.6. The van der Waals surface area contributed by atoms with Gasteiger partial charge in [-0.15, -0.1) is 0 Å². The molecule has 1 aromatic heterocycles. The number of aromatic nitrogens is 2. The third-order valence-electron chi connectivity index (χ3n) is 4.09. The van der Waals surface area contributed by atoms with Crippen LogP contribution in [-0.2, 0) is 13.1 Å². The van der Waals surface area contributed by atoms with Gasteiger partial charge in [-0.1, -0.05) is 6.07 Å². The molecule has 0 fully saturated rings. The van der Waals surface area contributed by atoms with Crippen LogP contribution in [0.15, 0.2) is 24.3 Å². The largest absolute Gasteiger partial charge is 0.454 e. The Hall–Kier alpha value is -2.50. The summed E-state index contributed by atoms with van der Waals surface area (Å²) in [6.45, 7) is 9.36. The Bertz CT molecular complexity index is 752. The van der Waals surface area contributed by atoms with E-state index in [9.17, 15) is 4.79 Å². The van der Waals surface area contributed by atoms with E-state index in [4.69, 9.17) is 9.47 Å². The molecule has 0 spiro atoms. The molecular weight excluding hydrogens is 306 g/mol. The van der Waals surface area contributed by atoms with E-state index >= 15 is 0 Å². The first-order chi connectivity index (χ1) is 11.5. The Morgan fingerprint density at radius 3 is 2.75 bits per heavy atom. The van der Waals surface area contributed by atoms with Gasteiger partial charge in [0.25, 0.3) is 5.91 Å². The number of nitrogens with zero attached hydrogens (tertiary/aromatic N) is 3. The Kier molecular flexibility index (Phi) is 4.46. The number of aryl methyl sites for hydroxylation is 2. The number of hydrogen-bond acceptors (Lipinski definition) is 4. The van der Waals surface area contributed by atoms with Gasteiger partial charge in [0.2, 0.25) is 6.79 Å². The molecule has 2 heterocycles. The van der Waals surface area contributed by atoms with Crippen molar-refractivity contribution in [1.29, 1.82) is 0 Å². The first kappa shape index (κ1) is 16.4. The van der Waals surface area contributed by atoms with E-state index < -0.39 is 0 Å². The predicted molar refractivity (Wildman–Crippen MR) is 90.2 cm³/mol. The van der Waals surface area contributed by atoms with Crippen LogP contribution in [0.25, 0.3) is 0 Å². The van der Waals surface area contributed by atoms with Crippen LogP contribution in [0.3, 0.4) is 0 Å². The van der Waals surface area contributed by atoms with E-state index in [-0.39, 0.29) is 18.7 Å². The summed E-state index contributed by atoms with van der Waals surface area (Å²) >= 11 is 0. The normalized spacial score (nSPS) is 12.7. The third-order valence-corrected chi connectivity index (χ3v) is 4.09. The van der Waals surface area contributed by atoms with Gasteiger partial charge in [-0.2, -0.15) is 5.10 Å². The predicted octanol–water partition coefficient (Wildman–Crippen LogP) is 2.99. The standard InChI is InChI=1S/C18H23N3O3/c1-5-21-15(8-13(4)19-21)18(22)20(12(2)3)10-14-6-7-16-17(9-14)24-11-23-16/h6-9,12H,5,10-11H2,1-4H3. The van der Waals surface area contributed by atoms with Crippen molar-refractivity contribution in [2.75, 3.05) is 6.79 Å². The minimum atomic E-state index is -0.00915. The summed E-state index contributed by atoms with van der Waals surface area (Å²) in [5, 5.41) is 4.38. The van der Waals surface area contributed by atoms with E-state index in [0.29, 0.717) is 18.8 Å². The van der Waals surface area contributed by atoms with Gasteiger partial charge in [0, 0.05) is 19.1 Å². The van der Waals surface area contributed by atoms with E-state index in [1.807, 2.05) is 56.9 Å². The number of carbonyl (C=O) groups excluding carboxylic acids is 1. The van der Waals surface area contributed by atoms with Crippen LogP contribution in [0.2, 0.25) is 0 Å². The van der Waals surface area contributed by atoms with E-state index in [2.05, 4.69) is 5.10 Å². The highest BCUT2D eigenvalue weighted by Crippen LogP contribution is 2.33. The number of benzene rings is 1. The molecule has 0 bridgehead atoms. The number of fused-ring (bicyclic) bond motifs is 1. The number of hydrogen-bond donors (Lipinski definition) is 0. The average molecular weight is 329 g/mol. The van der Waals surface area contributed by atoms with Gasteiger partial charge in [0.05, 0.1) is 5.69 Å².